The average Bonchev–Trinajstić information content (AvgIpc) is 2.05. The summed E-state index contributed by atoms with van der Waals surface area (Å²) in [5.74, 6) is -0.130. The third-order valence-electron chi connectivity index (χ3n) is 1.93. The van der Waals surface area contributed by atoms with Crippen molar-refractivity contribution in [3.63, 3.8) is 0 Å². The van der Waals surface area contributed by atoms with E-state index in [2.05, 4.69) is 6.92 Å². The molecule has 0 N–H and O–H groups in total. The molecule has 0 saturated heterocycles. The summed E-state index contributed by atoms with van der Waals surface area (Å²) in [4.78, 5) is 0. The fourth-order valence-corrected chi connectivity index (χ4v) is 1.22. The quantitative estimate of drug-likeness (QED) is 0.618. The lowest BCUT2D eigenvalue weighted by Gasteiger charge is -2.12. The maximum Gasteiger partial charge on any atom is 0.136 e. The topological polar surface area (TPSA) is 47.6 Å². The smallest absolute Gasteiger partial charge is 0.136 e. The van der Waals surface area contributed by atoms with E-state index in [9.17, 15) is 0 Å². The highest BCUT2D eigenvalue weighted by Gasteiger charge is 2.17. The van der Waals surface area contributed by atoms with E-state index in [1.165, 1.54) is 0 Å². The Bertz CT molecular complexity index is 159. The van der Waals surface area contributed by atoms with Crippen LogP contribution >= 0.6 is 0 Å². The molecule has 0 spiro atoms. The molecule has 0 aliphatic rings. The Morgan fingerprint density at radius 1 is 1.18 bits per heavy atom. The molecular formula is C9H14N2. The van der Waals surface area contributed by atoms with Crippen LogP contribution in [0.4, 0.5) is 0 Å². The van der Waals surface area contributed by atoms with E-state index in [4.69, 9.17) is 10.5 Å². The van der Waals surface area contributed by atoms with E-state index in [0.717, 1.165) is 19.3 Å². The van der Waals surface area contributed by atoms with Crippen LogP contribution in [0.15, 0.2) is 0 Å². The number of hydrogen-bond acceptors (Lipinski definition) is 2. The molecule has 0 heterocycles. The minimum Gasteiger partial charge on any atom is -0.197 e. The second-order valence-corrected chi connectivity index (χ2v) is 2.69. The molecule has 11 heavy (non-hydrogen) atoms. The van der Waals surface area contributed by atoms with Gasteiger partial charge in [-0.1, -0.05) is 26.7 Å². The van der Waals surface area contributed by atoms with Gasteiger partial charge >= 0.3 is 0 Å². The Labute approximate surface area is 68.4 Å². The van der Waals surface area contributed by atoms with Gasteiger partial charge in [0.25, 0.3) is 0 Å². The van der Waals surface area contributed by atoms with Crippen LogP contribution in [-0.2, 0) is 0 Å². The molecule has 0 saturated carbocycles. The van der Waals surface area contributed by atoms with Crippen LogP contribution in [0.2, 0.25) is 0 Å². The Hall–Kier alpha value is -1.02. The molecule has 2 heteroatoms. The van der Waals surface area contributed by atoms with Crippen molar-refractivity contribution in [3.05, 3.63) is 0 Å². The highest BCUT2D eigenvalue weighted by atomic mass is 14.3. The minimum atomic E-state index is -0.403. The molecule has 0 aromatic rings. The van der Waals surface area contributed by atoms with E-state index in [1.54, 1.807) is 0 Å². The molecular weight excluding hydrogens is 136 g/mol. The Morgan fingerprint density at radius 2 is 1.73 bits per heavy atom. The van der Waals surface area contributed by atoms with Gasteiger partial charge in [0.2, 0.25) is 0 Å². The van der Waals surface area contributed by atoms with Gasteiger partial charge in [-0.25, -0.2) is 0 Å². The number of rotatable bonds is 4. The van der Waals surface area contributed by atoms with Crippen molar-refractivity contribution in [1.29, 1.82) is 10.5 Å². The van der Waals surface area contributed by atoms with Crippen molar-refractivity contribution >= 4 is 0 Å². The molecule has 60 valence electrons. The van der Waals surface area contributed by atoms with E-state index in [1.807, 2.05) is 19.1 Å². The van der Waals surface area contributed by atoms with Crippen molar-refractivity contribution in [1.82, 2.24) is 0 Å². The monoisotopic (exact) mass is 150 g/mol. The third kappa shape index (κ3) is 3.05. The van der Waals surface area contributed by atoms with Gasteiger partial charge in [-0.15, -0.1) is 0 Å². The van der Waals surface area contributed by atoms with Crippen molar-refractivity contribution in [2.45, 2.75) is 33.1 Å². The van der Waals surface area contributed by atoms with Gasteiger partial charge < -0.3 is 0 Å². The van der Waals surface area contributed by atoms with Crippen LogP contribution < -0.4 is 0 Å². The summed E-state index contributed by atoms with van der Waals surface area (Å²) in [5.41, 5.74) is 0. The van der Waals surface area contributed by atoms with E-state index < -0.39 is 5.92 Å². The maximum atomic E-state index is 8.58. The Morgan fingerprint density at radius 3 is 2.00 bits per heavy atom. The standard InChI is InChI=1S/C9H14N2/c1-3-5-8(4-2)9(6-10)7-11/h8-9H,3-5H2,1-2H3. The molecule has 0 bridgehead atoms. The first kappa shape index (κ1) is 9.98. The average molecular weight is 150 g/mol. The van der Waals surface area contributed by atoms with Crippen LogP contribution in [0.3, 0.4) is 0 Å². The minimum absolute atomic E-state index is 0.273. The van der Waals surface area contributed by atoms with Crippen molar-refractivity contribution < 1.29 is 0 Å². The van der Waals surface area contributed by atoms with Crippen molar-refractivity contribution in [2.24, 2.45) is 11.8 Å². The first-order valence-corrected chi connectivity index (χ1v) is 4.09. The van der Waals surface area contributed by atoms with Crippen molar-refractivity contribution in [3.8, 4) is 12.1 Å². The zero-order chi connectivity index (χ0) is 8.69. The van der Waals surface area contributed by atoms with Crippen LogP contribution in [0.25, 0.3) is 0 Å². The molecule has 0 rings (SSSR count). The number of nitriles is 2. The molecule has 0 fully saturated rings. The van der Waals surface area contributed by atoms with Gasteiger partial charge in [0.05, 0.1) is 12.1 Å². The molecule has 0 radical (unpaired) electrons. The van der Waals surface area contributed by atoms with Crippen LogP contribution in [0.5, 0.6) is 0 Å². The van der Waals surface area contributed by atoms with Gasteiger partial charge in [-0.3, -0.25) is 0 Å². The van der Waals surface area contributed by atoms with E-state index >= 15 is 0 Å². The summed E-state index contributed by atoms with van der Waals surface area (Å²) in [7, 11) is 0. The molecule has 0 aromatic carbocycles. The third-order valence-corrected chi connectivity index (χ3v) is 1.93. The zero-order valence-corrected chi connectivity index (χ0v) is 7.17. The molecule has 2 nitrogen and oxygen atoms in total. The largest absolute Gasteiger partial charge is 0.197 e. The summed E-state index contributed by atoms with van der Waals surface area (Å²) in [6, 6.07) is 4.05. The van der Waals surface area contributed by atoms with Crippen molar-refractivity contribution in [2.75, 3.05) is 0 Å². The lowest BCUT2D eigenvalue weighted by Crippen LogP contribution is -2.09. The van der Waals surface area contributed by atoms with Crippen LogP contribution in [-0.4, -0.2) is 0 Å². The lowest BCUT2D eigenvalue weighted by molar-refractivity contribution is 0.416. The maximum absolute atomic E-state index is 8.58. The highest BCUT2D eigenvalue weighted by molar-refractivity contribution is 5.01. The lowest BCUT2D eigenvalue weighted by atomic mass is 9.88. The van der Waals surface area contributed by atoms with E-state index in [0.29, 0.717) is 0 Å². The van der Waals surface area contributed by atoms with Gasteiger partial charge in [-0.05, 0) is 12.3 Å². The normalized spacial score (nSPS) is 12.1. The molecule has 1 atom stereocenters. The SMILES string of the molecule is CCCC(CC)C(C#N)C#N. The number of hydrogen-bond donors (Lipinski definition) is 0. The Balaban J connectivity index is 4.03. The molecule has 0 aromatic heterocycles. The summed E-state index contributed by atoms with van der Waals surface area (Å²) < 4.78 is 0. The highest BCUT2D eigenvalue weighted by Crippen LogP contribution is 2.19. The predicted molar refractivity (Wildman–Crippen MR) is 43.4 cm³/mol. The van der Waals surface area contributed by atoms with E-state index in [-0.39, 0.29) is 5.92 Å². The Kier molecular flexibility index (Phi) is 5.21. The summed E-state index contributed by atoms with van der Waals surface area (Å²) in [5, 5.41) is 17.2. The number of nitrogens with zero attached hydrogens (tertiary/aromatic N) is 2. The summed E-state index contributed by atoms with van der Waals surface area (Å²) in [6.07, 6.45) is 2.97. The fourth-order valence-electron chi connectivity index (χ4n) is 1.22. The first-order valence-electron chi connectivity index (χ1n) is 4.09. The molecule has 0 aliphatic heterocycles. The summed E-state index contributed by atoms with van der Waals surface area (Å²) in [6.45, 7) is 4.11. The van der Waals surface area contributed by atoms with Gasteiger partial charge in [-0.2, -0.15) is 10.5 Å². The van der Waals surface area contributed by atoms with Crippen LogP contribution in [0, 0.1) is 34.5 Å². The molecule has 1 unspecified atom stereocenters. The zero-order valence-electron chi connectivity index (χ0n) is 7.17. The molecule has 0 amide bonds. The van der Waals surface area contributed by atoms with Gasteiger partial charge in [0, 0.05) is 0 Å². The summed E-state index contributed by atoms with van der Waals surface area (Å²) >= 11 is 0. The molecule has 0 aliphatic carbocycles. The first-order chi connectivity index (χ1) is 5.29. The fraction of sp³-hybridized carbons (Fsp3) is 0.778. The van der Waals surface area contributed by atoms with Gasteiger partial charge in [0.15, 0.2) is 0 Å². The second kappa shape index (κ2) is 5.74. The predicted octanol–water partition coefficient (Wildman–Crippen LogP) is 2.48. The van der Waals surface area contributed by atoms with Gasteiger partial charge in [0.1, 0.15) is 5.92 Å². The second-order valence-electron chi connectivity index (χ2n) is 2.69. The van der Waals surface area contributed by atoms with Crippen LogP contribution in [0.1, 0.15) is 33.1 Å².